The Balaban J connectivity index is 1.35. The van der Waals surface area contributed by atoms with Gasteiger partial charge in [0, 0.05) is 35.4 Å². The molecule has 1 unspecified atom stereocenters. The maximum atomic E-state index is 10.7. The smallest absolute Gasteiger partial charge is 0.161 e. The van der Waals surface area contributed by atoms with E-state index in [1.807, 2.05) is 54.6 Å². The first-order valence-corrected chi connectivity index (χ1v) is 11.4. The molecule has 174 valence electrons. The van der Waals surface area contributed by atoms with Crippen molar-refractivity contribution in [1.29, 1.82) is 0 Å². The molecule has 4 rings (SSSR count). The van der Waals surface area contributed by atoms with Crippen LogP contribution < -0.4 is 14.2 Å². The van der Waals surface area contributed by atoms with E-state index >= 15 is 0 Å². The van der Waals surface area contributed by atoms with E-state index in [2.05, 4.69) is 35.9 Å². The normalized spacial score (nSPS) is 12.5. The molecule has 0 radical (unpaired) electrons. The SMILES string of the molecule is COc1ccccc1OCCN(CC(O)COc1cccc2[nH]c3ccccc3c12)C(C)C. The molecule has 33 heavy (non-hydrogen) atoms. The van der Waals surface area contributed by atoms with Crippen LogP contribution in [0.1, 0.15) is 13.8 Å². The number of aliphatic hydroxyl groups is 1. The second-order valence-electron chi connectivity index (χ2n) is 8.40. The number of fused-ring (bicyclic) bond motifs is 3. The molecule has 1 heterocycles. The maximum absolute atomic E-state index is 10.7. The molecular formula is C27H32N2O4. The first-order valence-electron chi connectivity index (χ1n) is 11.4. The number of ether oxygens (including phenoxy) is 3. The van der Waals surface area contributed by atoms with Gasteiger partial charge >= 0.3 is 0 Å². The minimum absolute atomic E-state index is 0.217. The molecule has 0 saturated carbocycles. The van der Waals surface area contributed by atoms with Crippen molar-refractivity contribution in [3.05, 3.63) is 66.7 Å². The number of benzene rings is 3. The lowest BCUT2D eigenvalue weighted by Crippen LogP contribution is -2.41. The van der Waals surface area contributed by atoms with Gasteiger partial charge in [-0.25, -0.2) is 0 Å². The Labute approximate surface area is 194 Å². The topological polar surface area (TPSA) is 67.0 Å². The number of nitrogens with zero attached hydrogens (tertiary/aromatic N) is 1. The predicted octanol–water partition coefficient (Wildman–Crippen LogP) is 4.86. The van der Waals surface area contributed by atoms with E-state index in [-0.39, 0.29) is 12.6 Å². The second-order valence-corrected chi connectivity index (χ2v) is 8.40. The van der Waals surface area contributed by atoms with Gasteiger partial charge < -0.3 is 24.3 Å². The molecule has 0 spiro atoms. The van der Waals surface area contributed by atoms with Gasteiger partial charge in [-0.2, -0.15) is 0 Å². The van der Waals surface area contributed by atoms with Crippen molar-refractivity contribution >= 4 is 21.8 Å². The molecule has 6 heteroatoms. The zero-order valence-electron chi connectivity index (χ0n) is 19.5. The summed E-state index contributed by atoms with van der Waals surface area (Å²) in [6.45, 7) is 6.13. The van der Waals surface area contributed by atoms with Crippen LogP contribution in [0.15, 0.2) is 66.7 Å². The average Bonchev–Trinajstić information content (AvgIpc) is 3.21. The standard InChI is InChI=1S/C27H32N2O4/c1-19(2)29(15-16-32-25-13-7-6-12-24(25)31-3)17-20(30)18-33-26-14-8-11-23-27(26)21-9-4-5-10-22(21)28-23/h4-14,19-20,28,30H,15-18H2,1-3H3. The van der Waals surface area contributed by atoms with Gasteiger partial charge in [0.15, 0.2) is 11.5 Å². The van der Waals surface area contributed by atoms with Gasteiger partial charge in [-0.3, -0.25) is 4.90 Å². The van der Waals surface area contributed by atoms with Crippen LogP contribution in [-0.2, 0) is 0 Å². The van der Waals surface area contributed by atoms with Crippen molar-refractivity contribution in [1.82, 2.24) is 9.88 Å². The van der Waals surface area contributed by atoms with Crippen molar-refractivity contribution in [2.45, 2.75) is 26.0 Å². The van der Waals surface area contributed by atoms with Crippen molar-refractivity contribution in [3.63, 3.8) is 0 Å². The van der Waals surface area contributed by atoms with Crippen LogP contribution in [0, 0.1) is 0 Å². The van der Waals surface area contributed by atoms with E-state index in [0.717, 1.165) is 33.3 Å². The number of H-pyrrole nitrogens is 1. The van der Waals surface area contributed by atoms with Crippen LogP contribution in [0.2, 0.25) is 0 Å². The van der Waals surface area contributed by atoms with E-state index in [0.29, 0.717) is 25.4 Å². The van der Waals surface area contributed by atoms with Gasteiger partial charge in [0.05, 0.1) is 12.6 Å². The highest BCUT2D eigenvalue weighted by atomic mass is 16.5. The van der Waals surface area contributed by atoms with E-state index in [1.165, 1.54) is 0 Å². The van der Waals surface area contributed by atoms with E-state index < -0.39 is 6.10 Å². The van der Waals surface area contributed by atoms with Crippen LogP contribution in [0.5, 0.6) is 17.2 Å². The van der Waals surface area contributed by atoms with Crippen molar-refractivity contribution in [3.8, 4) is 17.2 Å². The van der Waals surface area contributed by atoms with Crippen LogP contribution in [0.25, 0.3) is 21.8 Å². The van der Waals surface area contributed by atoms with Gasteiger partial charge in [-0.05, 0) is 44.2 Å². The lowest BCUT2D eigenvalue weighted by molar-refractivity contribution is 0.0521. The minimum Gasteiger partial charge on any atom is -0.493 e. The number of aromatic nitrogens is 1. The van der Waals surface area contributed by atoms with Crippen LogP contribution in [0.4, 0.5) is 0 Å². The third-order valence-corrected chi connectivity index (χ3v) is 5.80. The number of nitrogens with one attached hydrogen (secondary N) is 1. The summed E-state index contributed by atoms with van der Waals surface area (Å²) < 4.78 is 17.3. The average molecular weight is 449 g/mol. The fourth-order valence-corrected chi connectivity index (χ4v) is 4.07. The van der Waals surface area contributed by atoms with E-state index in [4.69, 9.17) is 14.2 Å². The molecule has 6 nitrogen and oxygen atoms in total. The highest BCUT2D eigenvalue weighted by molar-refractivity contribution is 6.10. The second kappa shape index (κ2) is 10.6. The number of hydrogen-bond acceptors (Lipinski definition) is 5. The minimum atomic E-state index is -0.626. The number of para-hydroxylation sites is 3. The van der Waals surface area contributed by atoms with E-state index in [1.54, 1.807) is 7.11 Å². The quantitative estimate of drug-likeness (QED) is 0.343. The summed E-state index contributed by atoms with van der Waals surface area (Å²) in [5.74, 6) is 2.22. The highest BCUT2D eigenvalue weighted by Gasteiger charge is 2.17. The third kappa shape index (κ3) is 5.41. The van der Waals surface area contributed by atoms with Crippen molar-refractivity contribution in [2.24, 2.45) is 0 Å². The summed E-state index contributed by atoms with van der Waals surface area (Å²) >= 11 is 0. The van der Waals surface area contributed by atoms with Crippen LogP contribution >= 0.6 is 0 Å². The maximum Gasteiger partial charge on any atom is 0.161 e. The van der Waals surface area contributed by atoms with Gasteiger partial charge in [-0.15, -0.1) is 0 Å². The fraction of sp³-hybridized carbons (Fsp3) is 0.333. The lowest BCUT2D eigenvalue weighted by atomic mass is 10.1. The summed E-state index contributed by atoms with van der Waals surface area (Å²) in [7, 11) is 1.63. The summed E-state index contributed by atoms with van der Waals surface area (Å²) in [5.41, 5.74) is 2.10. The molecule has 0 aliphatic carbocycles. The van der Waals surface area contributed by atoms with E-state index in [9.17, 15) is 5.11 Å². The van der Waals surface area contributed by atoms with Gasteiger partial charge in [-0.1, -0.05) is 36.4 Å². The molecule has 1 atom stereocenters. The van der Waals surface area contributed by atoms with Crippen LogP contribution in [-0.4, -0.2) is 60.5 Å². The van der Waals surface area contributed by atoms with Gasteiger partial charge in [0.25, 0.3) is 0 Å². The fourth-order valence-electron chi connectivity index (χ4n) is 4.07. The summed E-state index contributed by atoms with van der Waals surface area (Å²) in [4.78, 5) is 5.61. The zero-order valence-corrected chi connectivity index (χ0v) is 19.5. The molecule has 0 fully saturated rings. The monoisotopic (exact) mass is 448 g/mol. The molecule has 0 saturated heterocycles. The Morgan fingerprint density at radius 2 is 1.55 bits per heavy atom. The highest BCUT2D eigenvalue weighted by Crippen LogP contribution is 2.33. The number of aliphatic hydroxyl groups excluding tert-OH is 1. The van der Waals surface area contributed by atoms with Crippen molar-refractivity contribution < 1.29 is 19.3 Å². The molecule has 0 aliphatic rings. The molecule has 0 aliphatic heterocycles. The first-order chi connectivity index (χ1) is 16.1. The molecule has 0 bridgehead atoms. The Kier molecular flexibility index (Phi) is 7.37. The molecule has 4 aromatic rings. The number of rotatable bonds is 11. The summed E-state index contributed by atoms with van der Waals surface area (Å²) in [6.07, 6.45) is -0.626. The Morgan fingerprint density at radius 1 is 0.848 bits per heavy atom. The molecule has 0 amide bonds. The lowest BCUT2D eigenvalue weighted by Gasteiger charge is -2.28. The largest absolute Gasteiger partial charge is 0.493 e. The third-order valence-electron chi connectivity index (χ3n) is 5.80. The molecule has 3 aromatic carbocycles. The Hall–Kier alpha value is -3.22. The van der Waals surface area contributed by atoms with Crippen LogP contribution in [0.3, 0.4) is 0 Å². The number of aromatic amines is 1. The summed E-state index contributed by atoms with van der Waals surface area (Å²) in [5, 5.41) is 12.9. The predicted molar refractivity (Wildman–Crippen MR) is 133 cm³/mol. The van der Waals surface area contributed by atoms with Gasteiger partial charge in [0.1, 0.15) is 25.1 Å². The summed E-state index contributed by atoms with van der Waals surface area (Å²) in [6, 6.07) is 22.0. The number of methoxy groups -OCH3 is 1. The Bertz CT molecular complexity index is 1190. The Morgan fingerprint density at radius 3 is 2.33 bits per heavy atom. The number of hydrogen-bond donors (Lipinski definition) is 2. The first kappa shape index (κ1) is 23.0. The molecule has 1 aromatic heterocycles. The van der Waals surface area contributed by atoms with Crippen molar-refractivity contribution in [2.75, 3.05) is 33.4 Å². The molecular weight excluding hydrogens is 416 g/mol. The zero-order chi connectivity index (χ0) is 23.2. The molecule has 2 N–H and O–H groups in total. The van der Waals surface area contributed by atoms with Gasteiger partial charge in [0.2, 0.25) is 0 Å².